The van der Waals surface area contributed by atoms with Crippen molar-refractivity contribution in [1.82, 2.24) is 4.98 Å². The molecule has 0 fully saturated rings. The van der Waals surface area contributed by atoms with E-state index in [2.05, 4.69) is 0 Å². The van der Waals surface area contributed by atoms with E-state index < -0.39 is 0 Å². The Morgan fingerprint density at radius 2 is 1.59 bits per heavy atom. The fourth-order valence-electron chi connectivity index (χ4n) is 3.16. The van der Waals surface area contributed by atoms with Crippen molar-refractivity contribution in [3.05, 3.63) is 76.8 Å². The number of methoxy groups -OCH3 is 2. The summed E-state index contributed by atoms with van der Waals surface area (Å²) < 4.78 is 10.7. The Morgan fingerprint density at radius 1 is 0.889 bits per heavy atom. The van der Waals surface area contributed by atoms with Crippen LogP contribution in [-0.2, 0) is 0 Å². The third-order valence-corrected chi connectivity index (χ3v) is 4.68. The van der Waals surface area contributed by atoms with E-state index in [9.17, 15) is 4.79 Å². The lowest BCUT2D eigenvalue weighted by atomic mass is 9.99. The number of benzene rings is 3. The van der Waals surface area contributed by atoms with Crippen molar-refractivity contribution < 1.29 is 14.3 Å². The van der Waals surface area contributed by atoms with Gasteiger partial charge in [0.15, 0.2) is 17.3 Å². The Bertz CT molecular complexity index is 1170. The second kappa shape index (κ2) is 6.89. The van der Waals surface area contributed by atoms with E-state index >= 15 is 0 Å². The summed E-state index contributed by atoms with van der Waals surface area (Å²) in [7, 11) is 3.17. The lowest BCUT2D eigenvalue weighted by Crippen LogP contribution is -2.03. The lowest BCUT2D eigenvalue weighted by molar-refractivity contribution is 0.104. The number of carbonyl (C=O) groups excluding carboxylic acids is 1. The van der Waals surface area contributed by atoms with E-state index in [4.69, 9.17) is 26.1 Å². The highest BCUT2D eigenvalue weighted by Crippen LogP contribution is 2.34. The van der Waals surface area contributed by atoms with E-state index in [0.717, 1.165) is 10.8 Å². The molecule has 27 heavy (non-hydrogen) atoms. The lowest BCUT2D eigenvalue weighted by Gasteiger charge is -2.11. The van der Waals surface area contributed by atoms with Crippen molar-refractivity contribution in [2.24, 2.45) is 0 Å². The predicted octanol–water partition coefficient (Wildman–Crippen LogP) is 5.29. The van der Waals surface area contributed by atoms with Crippen molar-refractivity contribution >= 4 is 39.2 Å². The summed E-state index contributed by atoms with van der Waals surface area (Å²) >= 11 is 6.29. The minimum atomic E-state index is -0.115. The van der Waals surface area contributed by atoms with Crippen LogP contribution in [0.15, 0.2) is 60.7 Å². The van der Waals surface area contributed by atoms with E-state index in [1.807, 2.05) is 36.4 Å². The second-order valence-corrected chi connectivity index (χ2v) is 6.54. The molecule has 134 valence electrons. The van der Waals surface area contributed by atoms with Gasteiger partial charge in [-0.2, -0.15) is 0 Å². The Morgan fingerprint density at radius 3 is 2.30 bits per heavy atom. The molecule has 1 heterocycles. The first-order valence-electron chi connectivity index (χ1n) is 8.36. The van der Waals surface area contributed by atoms with Crippen LogP contribution >= 0.6 is 11.6 Å². The summed E-state index contributed by atoms with van der Waals surface area (Å²) in [5, 5.41) is 2.16. The van der Waals surface area contributed by atoms with Crippen LogP contribution in [0.5, 0.6) is 11.5 Å². The van der Waals surface area contributed by atoms with E-state index in [1.165, 1.54) is 0 Å². The average Bonchev–Trinajstić information content (AvgIpc) is 2.70. The number of carbonyl (C=O) groups is 1. The molecule has 0 unspecified atom stereocenters. The quantitative estimate of drug-likeness (QED) is 0.358. The minimum Gasteiger partial charge on any atom is -0.493 e. The number of rotatable bonds is 4. The van der Waals surface area contributed by atoms with Gasteiger partial charge in [0.05, 0.1) is 30.8 Å². The summed E-state index contributed by atoms with van der Waals surface area (Å²) in [5.74, 6) is 1.09. The van der Waals surface area contributed by atoms with Gasteiger partial charge in [0, 0.05) is 27.4 Å². The molecule has 0 aliphatic carbocycles. The van der Waals surface area contributed by atoms with Gasteiger partial charge in [0.25, 0.3) is 0 Å². The number of aromatic nitrogens is 1. The number of ketones is 1. The van der Waals surface area contributed by atoms with E-state index in [-0.39, 0.29) is 5.78 Å². The first-order chi connectivity index (χ1) is 13.1. The molecular weight excluding hydrogens is 362 g/mol. The Labute approximate surface area is 161 Å². The molecule has 0 radical (unpaired) electrons. The molecule has 3 aromatic carbocycles. The molecule has 1 aromatic heterocycles. The zero-order valence-corrected chi connectivity index (χ0v) is 15.6. The van der Waals surface area contributed by atoms with E-state index in [1.54, 1.807) is 38.5 Å². The first-order valence-corrected chi connectivity index (χ1v) is 8.74. The predicted molar refractivity (Wildman–Crippen MR) is 107 cm³/mol. The zero-order valence-electron chi connectivity index (χ0n) is 14.8. The van der Waals surface area contributed by atoms with Gasteiger partial charge >= 0.3 is 0 Å². The maximum absolute atomic E-state index is 13.0. The third kappa shape index (κ3) is 3.09. The summed E-state index contributed by atoms with van der Waals surface area (Å²) in [6.07, 6.45) is 0. The zero-order chi connectivity index (χ0) is 19.0. The highest BCUT2D eigenvalue weighted by atomic mass is 35.5. The molecule has 0 spiro atoms. The van der Waals surface area contributed by atoms with E-state index in [0.29, 0.717) is 38.7 Å². The molecule has 0 atom stereocenters. The van der Waals surface area contributed by atoms with Crippen LogP contribution < -0.4 is 9.47 Å². The van der Waals surface area contributed by atoms with Crippen LogP contribution in [0, 0.1) is 0 Å². The van der Waals surface area contributed by atoms with Crippen LogP contribution in [0.25, 0.3) is 21.8 Å². The molecule has 4 rings (SSSR count). The number of hydrogen-bond acceptors (Lipinski definition) is 4. The van der Waals surface area contributed by atoms with Crippen molar-refractivity contribution in [2.75, 3.05) is 14.2 Å². The minimum absolute atomic E-state index is 0.115. The van der Waals surface area contributed by atoms with Gasteiger partial charge in [-0.05, 0) is 24.3 Å². The van der Waals surface area contributed by atoms with Crippen LogP contribution in [0.2, 0.25) is 5.02 Å². The molecule has 4 nitrogen and oxygen atoms in total. The number of hydrogen-bond donors (Lipinski definition) is 0. The second-order valence-electron chi connectivity index (χ2n) is 6.11. The third-order valence-electron chi connectivity index (χ3n) is 4.46. The fraction of sp³-hybridized carbons (Fsp3) is 0.0909. The van der Waals surface area contributed by atoms with Crippen molar-refractivity contribution in [1.29, 1.82) is 0 Å². The van der Waals surface area contributed by atoms with Crippen LogP contribution in [0.3, 0.4) is 0 Å². The topological polar surface area (TPSA) is 48.4 Å². The molecule has 0 N–H and O–H groups in total. The van der Waals surface area contributed by atoms with Crippen LogP contribution in [0.1, 0.15) is 15.9 Å². The first kappa shape index (κ1) is 17.3. The molecule has 0 bridgehead atoms. The average molecular weight is 378 g/mol. The summed E-state index contributed by atoms with van der Waals surface area (Å²) in [6, 6.07) is 18.2. The van der Waals surface area contributed by atoms with Gasteiger partial charge in [-0.1, -0.05) is 41.9 Å². The van der Waals surface area contributed by atoms with Crippen molar-refractivity contribution in [2.45, 2.75) is 0 Å². The van der Waals surface area contributed by atoms with Gasteiger partial charge in [0.2, 0.25) is 0 Å². The Kier molecular flexibility index (Phi) is 4.42. The molecule has 0 aliphatic heterocycles. The number of fused-ring (bicyclic) bond motifs is 2. The van der Waals surface area contributed by atoms with Crippen LogP contribution in [-0.4, -0.2) is 25.0 Å². The standard InChI is InChI=1S/C22H16ClNO3/c1-26-19-10-14-8-15-9-16(23)11-17(22(25)13-6-4-3-5-7-13)21(15)24-18(14)12-20(19)27-2/h3-12H,1-2H3. The maximum Gasteiger partial charge on any atom is 0.195 e. The fourth-order valence-corrected chi connectivity index (χ4v) is 3.38. The summed E-state index contributed by atoms with van der Waals surface area (Å²) in [6.45, 7) is 0. The number of nitrogens with zero attached hydrogens (tertiary/aromatic N) is 1. The van der Waals surface area contributed by atoms with Crippen molar-refractivity contribution in [3.8, 4) is 11.5 Å². The van der Waals surface area contributed by atoms with Gasteiger partial charge in [0.1, 0.15) is 0 Å². The summed E-state index contributed by atoms with van der Waals surface area (Å²) in [4.78, 5) is 17.8. The smallest absolute Gasteiger partial charge is 0.195 e. The molecule has 0 saturated heterocycles. The Hall–Kier alpha value is -3.11. The molecule has 0 saturated carbocycles. The number of halogens is 1. The highest BCUT2D eigenvalue weighted by Gasteiger charge is 2.16. The number of ether oxygens (including phenoxy) is 2. The van der Waals surface area contributed by atoms with Crippen molar-refractivity contribution in [3.63, 3.8) is 0 Å². The highest BCUT2D eigenvalue weighted by molar-refractivity contribution is 6.32. The van der Waals surface area contributed by atoms with Crippen LogP contribution in [0.4, 0.5) is 0 Å². The monoisotopic (exact) mass is 377 g/mol. The normalized spacial score (nSPS) is 10.9. The van der Waals surface area contributed by atoms with Gasteiger partial charge < -0.3 is 9.47 Å². The van der Waals surface area contributed by atoms with Gasteiger partial charge in [-0.25, -0.2) is 4.98 Å². The Balaban J connectivity index is 1.99. The van der Waals surface area contributed by atoms with Gasteiger partial charge in [-0.15, -0.1) is 0 Å². The van der Waals surface area contributed by atoms with Gasteiger partial charge in [-0.3, -0.25) is 4.79 Å². The molecule has 4 aromatic rings. The molecule has 0 amide bonds. The largest absolute Gasteiger partial charge is 0.493 e. The molecular formula is C22H16ClNO3. The summed E-state index contributed by atoms with van der Waals surface area (Å²) in [5.41, 5.74) is 2.38. The molecule has 0 aliphatic rings. The molecule has 5 heteroatoms. The SMILES string of the molecule is COc1cc2cc3cc(Cl)cc(C(=O)c4ccccc4)c3nc2cc1OC. The number of pyridine rings is 1. The maximum atomic E-state index is 13.0.